The van der Waals surface area contributed by atoms with Crippen LogP contribution in [0, 0.1) is 5.92 Å². The van der Waals surface area contributed by atoms with Crippen LogP contribution in [0.3, 0.4) is 0 Å². The van der Waals surface area contributed by atoms with Gasteiger partial charge in [-0.2, -0.15) is 0 Å². The number of carbonyl (C=O) groups excluding carboxylic acids is 1. The zero-order valence-electron chi connectivity index (χ0n) is 11.8. The van der Waals surface area contributed by atoms with E-state index in [0.717, 1.165) is 12.0 Å². The normalized spacial score (nSPS) is 11.9. The summed E-state index contributed by atoms with van der Waals surface area (Å²) in [5, 5.41) is 11.6. The van der Waals surface area contributed by atoms with Crippen LogP contribution < -0.4 is 11.1 Å². The zero-order chi connectivity index (χ0) is 15.0. The van der Waals surface area contributed by atoms with Gasteiger partial charge in [0, 0.05) is 18.5 Å². The molecule has 0 spiro atoms. The zero-order valence-corrected chi connectivity index (χ0v) is 11.8. The van der Waals surface area contributed by atoms with Gasteiger partial charge in [0.25, 0.3) is 5.91 Å². The van der Waals surface area contributed by atoms with E-state index in [2.05, 4.69) is 5.32 Å². The highest BCUT2D eigenvalue weighted by atomic mass is 16.4. The van der Waals surface area contributed by atoms with E-state index in [1.165, 1.54) is 0 Å². The summed E-state index contributed by atoms with van der Waals surface area (Å²) in [7, 11) is 0. The van der Waals surface area contributed by atoms with Gasteiger partial charge in [-0.1, -0.05) is 31.5 Å². The van der Waals surface area contributed by atoms with E-state index in [4.69, 9.17) is 10.8 Å². The minimum atomic E-state index is -0.838. The number of rotatable bonds is 8. The van der Waals surface area contributed by atoms with Gasteiger partial charge in [-0.05, 0) is 30.5 Å². The summed E-state index contributed by atoms with van der Waals surface area (Å²) in [6.45, 7) is 2.78. The fraction of sp³-hybridized carbons (Fsp3) is 0.467. The van der Waals surface area contributed by atoms with Crippen LogP contribution in [-0.4, -0.2) is 30.1 Å². The molecule has 1 amide bonds. The molecule has 0 saturated carbocycles. The highest BCUT2D eigenvalue weighted by Crippen LogP contribution is 2.11. The third-order valence-corrected chi connectivity index (χ3v) is 3.27. The van der Waals surface area contributed by atoms with E-state index in [-0.39, 0.29) is 18.2 Å². The highest BCUT2D eigenvalue weighted by Gasteiger charge is 2.14. The van der Waals surface area contributed by atoms with Crippen molar-refractivity contribution < 1.29 is 14.7 Å². The number of amides is 1. The Kier molecular flexibility index (Phi) is 6.73. The van der Waals surface area contributed by atoms with Crippen LogP contribution in [0.5, 0.6) is 0 Å². The maximum atomic E-state index is 12.1. The van der Waals surface area contributed by atoms with Crippen LogP contribution in [-0.2, 0) is 11.2 Å². The van der Waals surface area contributed by atoms with Crippen molar-refractivity contribution in [1.82, 2.24) is 5.32 Å². The van der Waals surface area contributed by atoms with Crippen molar-refractivity contribution in [2.75, 3.05) is 13.1 Å². The first-order valence-electron chi connectivity index (χ1n) is 6.86. The van der Waals surface area contributed by atoms with Gasteiger partial charge >= 0.3 is 5.97 Å². The van der Waals surface area contributed by atoms with Gasteiger partial charge in [-0.25, -0.2) is 0 Å². The summed E-state index contributed by atoms with van der Waals surface area (Å²) in [6, 6.07) is 7.33. The Hall–Kier alpha value is -1.88. The molecule has 4 N–H and O–H groups in total. The van der Waals surface area contributed by atoms with Crippen molar-refractivity contribution in [2.45, 2.75) is 26.2 Å². The van der Waals surface area contributed by atoms with Crippen LogP contribution in [0.4, 0.5) is 0 Å². The molecular weight excluding hydrogens is 256 g/mol. The van der Waals surface area contributed by atoms with Crippen molar-refractivity contribution >= 4 is 11.9 Å². The van der Waals surface area contributed by atoms with E-state index in [1.54, 1.807) is 6.07 Å². The molecule has 110 valence electrons. The summed E-state index contributed by atoms with van der Waals surface area (Å²) < 4.78 is 0. The molecule has 0 bridgehead atoms. The number of aliphatic carboxylic acids is 1. The van der Waals surface area contributed by atoms with Crippen LogP contribution in [0.1, 0.15) is 35.7 Å². The van der Waals surface area contributed by atoms with Gasteiger partial charge in [-0.15, -0.1) is 0 Å². The molecule has 0 radical (unpaired) electrons. The van der Waals surface area contributed by atoms with Crippen molar-refractivity contribution in [3.63, 3.8) is 0 Å². The van der Waals surface area contributed by atoms with Gasteiger partial charge < -0.3 is 16.2 Å². The van der Waals surface area contributed by atoms with E-state index in [9.17, 15) is 9.59 Å². The lowest BCUT2D eigenvalue weighted by atomic mass is 10.0. The first-order chi connectivity index (χ1) is 9.58. The second-order valence-corrected chi connectivity index (χ2v) is 4.78. The molecule has 0 fully saturated rings. The summed E-state index contributed by atoms with van der Waals surface area (Å²) in [5.41, 5.74) is 7.06. The number of benzene rings is 1. The first kappa shape index (κ1) is 16.2. The van der Waals surface area contributed by atoms with Gasteiger partial charge in [0.2, 0.25) is 0 Å². The molecule has 5 heteroatoms. The quantitative estimate of drug-likeness (QED) is 0.670. The lowest BCUT2D eigenvalue weighted by Crippen LogP contribution is -2.31. The third-order valence-electron chi connectivity index (χ3n) is 3.27. The molecule has 1 aromatic rings. The number of carboxylic acids is 1. The summed E-state index contributed by atoms with van der Waals surface area (Å²) in [6.07, 6.45) is 1.44. The first-order valence-corrected chi connectivity index (χ1v) is 6.86. The third kappa shape index (κ3) is 5.01. The SMILES string of the molecule is CCC(CNC(=O)c1ccccc1CCN)CC(=O)O. The molecular formula is C15H22N2O3. The van der Waals surface area contributed by atoms with Gasteiger partial charge in [0.05, 0.1) is 0 Å². The Morgan fingerprint density at radius 3 is 2.65 bits per heavy atom. The Labute approximate surface area is 119 Å². The molecule has 0 aliphatic carbocycles. The highest BCUT2D eigenvalue weighted by molar-refractivity contribution is 5.95. The second kappa shape index (κ2) is 8.32. The van der Waals surface area contributed by atoms with Gasteiger partial charge in [0.1, 0.15) is 0 Å². The number of nitrogens with two attached hydrogens (primary N) is 1. The summed E-state index contributed by atoms with van der Waals surface area (Å²) in [5.74, 6) is -1.05. The predicted molar refractivity (Wildman–Crippen MR) is 77.6 cm³/mol. The molecule has 1 unspecified atom stereocenters. The Morgan fingerprint density at radius 1 is 1.35 bits per heavy atom. The molecule has 0 aromatic heterocycles. The summed E-state index contributed by atoms with van der Waals surface area (Å²) >= 11 is 0. The predicted octanol–water partition coefficient (Wildman–Crippen LogP) is 1.42. The van der Waals surface area contributed by atoms with Gasteiger partial charge in [-0.3, -0.25) is 9.59 Å². The second-order valence-electron chi connectivity index (χ2n) is 4.78. The van der Waals surface area contributed by atoms with Crippen LogP contribution >= 0.6 is 0 Å². The molecule has 20 heavy (non-hydrogen) atoms. The van der Waals surface area contributed by atoms with E-state index in [0.29, 0.717) is 25.1 Å². The lowest BCUT2D eigenvalue weighted by Gasteiger charge is -2.14. The fourth-order valence-corrected chi connectivity index (χ4v) is 2.06. The minimum absolute atomic E-state index is 0.0434. The molecule has 0 aliphatic rings. The van der Waals surface area contributed by atoms with Crippen molar-refractivity contribution in [2.24, 2.45) is 11.7 Å². The standard InChI is InChI=1S/C15H22N2O3/c1-2-11(9-14(18)19)10-17-15(20)13-6-4-3-5-12(13)7-8-16/h3-6,11H,2,7-10,16H2,1H3,(H,17,20)(H,18,19). The number of nitrogens with one attached hydrogen (secondary N) is 1. The van der Waals surface area contributed by atoms with Crippen LogP contribution in [0.15, 0.2) is 24.3 Å². The average Bonchev–Trinajstić information content (AvgIpc) is 2.43. The summed E-state index contributed by atoms with van der Waals surface area (Å²) in [4.78, 5) is 22.8. The molecule has 1 atom stereocenters. The van der Waals surface area contributed by atoms with Crippen molar-refractivity contribution in [3.8, 4) is 0 Å². The lowest BCUT2D eigenvalue weighted by molar-refractivity contribution is -0.138. The molecule has 1 aromatic carbocycles. The average molecular weight is 278 g/mol. The number of hydrogen-bond acceptors (Lipinski definition) is 3. The Bertz CT molecular complexity index is 460. The van der Waals surface area contributed by atoms with E-state index in [1.807, 2.05) is 25.1 Å². The topological polar surface area (TPSA) is 92.4 Å². The fourth-order valence-electron chi connectivity index (χ4n) is 2.06. The Balaban J connectivity index is 2.64. The molecule has 1 rings (SSSR count). The van der Waals surface area contributed by atoms with Crippen molar-refractivity contribution in [3.05, 3.63) is 35.4 Å². The number of hydrogen-bond donors (Lipinski definition) is 3. The smallest absolute Gasteiger partial charge is 0.303 e. The molecule has 5 nitrogen and oxygen atoms in total. The minimum Gasteiger partial charge on any atom is -0.481 e. The molecule has 0 aliphatic heterocycles. The van der Waals surface area contributed by atoms with Crippen molar-refractivity contribution in [1.29, 1.82) is 0 Å². The molecule has 0 saturated heterocycles. The Morgan fingerprint density at radius 2 is 2.05 bits per heavy atom. The van der Waals surface area contributed by atoms with E-state index >= 15 is 0 Å². The number of carbonyl (C=O) groups is 2. The van der Waals surface area contributed by atoms with Crippen LogP contribution in [0.25, 0.3) is 0 Å². The maximum absolute atomic E-state index is 12.1. The monoisotopic (exact) mass is 278 g/mol. The molecule has 0 heterocycles. The number of carboxylic acid groups (broad SMARTS) is 1. The largest absolute Gasteiger partial charge is 0.481 e. The maximum Gasteiger partial charge on any atom is 0.303 e. The van der Waals surface area contributed by atoms with E-state index < -0.39 is 5.97 Å². The van der Waals surface area contributed by atoms with Gasteiger partial charge in [0.15, 0.2) is 0 Å². The van der Waals surface area contributed by atoms with Crippen LogP contribution in [0.2, 0.25) is 0 Å².